The Kier molecular flexibility index (Phi) is 4.66. The Labute approximate surface area is 138 Å². The van der Waals surface area contributed by atoms with Gasteiger partial charge in [-0.25, -0.2) is 0 Å². The van der Waals surface area contributed by atoms with Crippen LogP contribution in [0.4, 0.5) is 5.69 Å². The Morgan fingerprint density at radius 1 is 1.30 bits per heavy atom. The summed E-state index contributed by atoms with van der Waals surface area (Å²) in [7, 11) is 0. The predicted molar refractivity (Wildman–Crippen MR) is 90.8 cm³/mol. The van der Waals surface area contributed by atoms with Crippen LogP contribution in [0, 0.1) is 17.2 Å². The molecule has 120 valence electrons. The summed E-state index contributed by atoms with van der Waals surface area (Å²) in [5, 5.41) is 9.48. The minimum atomic E-state index is -0.169. The van der Waals surface area contributed by atoms with Gasteiger partial charge in [-0.15, -0.1) is 0 Å². The molecule has 1 saturated heterocycles. The van der Waals surface area contributed by atoms with Crippen molar-refractivity contribution >= 4 is 11.6 Å². The first-order chi connectivity index (χ1) is 11.2. The Balaban J connectivity index is 1.82. The third kappa shape index (κ3) is 3.39. The number of anilines is 1. The number of amides is 1. The molecule has 1 amide bonds. The van der Waals surface area contributed by atoms with Gasteiger partial charge < -0.3 is 9.80 Å². The van der Waals surface area contributed by atoms with Crippen molar-refractivity contribution in [1.82, 2.24) is 4.90 Å². The summed E-state index contributed by atoms with van der Waals surface area (Å²) in [6.45, 7) is 4.76. The zero-order valence-corrected chi connectivity index (χ0v) is 13.7. The van der Waals surface area contributed by atoms with E-state index in [1.165, 1.54) is 12.0 Å². The summed E-state index contributed by atoms with van der Waals surface area (Å²) in [6.07, 6.45) is 6.06. The molecule has 0 saturated carbocycles. The fraction of sp³-hybridized carbons (Fsp3) is 0.474. The van der Waals surface area contributed by atoms with E-state index >= 15 is 0 Å². The number of para-hydroxylation sites is 1. The third-order valence-corrected chi connectivity index (χ3v) is 4.71. The van der Waals surface area contributed by atoms with Crippen molar-refractivity contribution < 1.29 is 4.79 Å². The van der Waals surface area contributed by atoms with E-state index in [0.717, 1.165) is 38.0 Å². The molecular formula is C19H23N3O. The van der Waals surface area contributed by atoms with Crippen LogP contribution >= 0.6 is 0 Å². The number of nitriles is 1. The smallest absolute Gasteiger partial charge is 0.270 e. The summed E-state index contributed by atoms with van der Waals surface area (Å²) in [4.78, 5) is 16.7. The first-order valence-electron chi connectivity index (χ1n) is 8.45. The maximum Gasteiger partial charge on any atom is 0.270 e. The minimum absolute atomic E-state index is 0.169. The predicted octanol–water partition coefficient (Wildman–Crippen LogP) is 3.11. The number of benzene rings is 1. The molecule has 0 N–H and O–H groups in total. The standard InChI is InChI=1S/C19H23N3O/c1-15-6-4-10-21(13-15)14-17(12-20)19(23)22-11-5-8-16-7-2-3-9-18(16)22/h2-3,7,9,14-15H,4-6,8,10-11,13H2,1H3/b17-14-. The fourth-order valence-electron chi connectivity index (χ4n) is 3.55. The van der Waals surface area contributed by atoms with E-state index in [4.69, 9.17) is 0 Å². The van der Waals surface area contributed by atoms with Gasteiger partial charge in [-0.05, 0) is 43.2 Å². The maximum atomic E-state index is 12.9. The average molecular weight is 309 g/mol. The highest BCUT2D eigenvalue weighted by molar-refractivity contribution is 6.08. The van der Waals surface area contributed by atoms with E-state index in [2.05, 4.69) is 24.0 Å². The molecule has 1 aromatic rings. The summed E-state index contributed by atoms with van der Waals surface area (Å²) in [5.41, 5.74) is 2.39. The molecule has 1 aromatic carbocycles. The highest BCUT2D eigenvalue weighted by Gasteiger charge is 2.25. The van der Waals surface area contributed by atoms with E-state index in [1.807, 2.05) is 18.2 Å². The lowest BCUT2D eigenvalue weighted by Crippen LogP contribution is -2.37. The fourth-order valence-corrected chi connectivity index (χ4v) is 3.55. The lowest BCUT2D eigenvalue weighted by Gasteiger charge is -2.31. The van der Waals surface area contributed by atoms with E-state index in [-0.39, 0.29) is 11.5 Å². The molecule has 0 radical (unpaired) electrons. The SMILES string of the molecule is CC1CCCN(/C=C(/C#N)C(=O)N2CCCc3ccccc32)C1. The monoisotopic (exact) mass is 309 g/mol. The number of nitrogens with zero attached hydrogens (tertiary/aromatic N) is 3. The van der Waals surface area contributed by atoms with Crippen LogP contribution in [0.15, 0.2) is 36.0 Å². The second-order valence-corrected chi connectivity index (χ2v) is 6.59. The summed E-state index contributed by atoms with van der Waals surface area (Å²) >= 11 is 0. The third-order valence-electron chi connectivity index (χ3n) is 4.71. The largest absolute Gasteiger partial charge is 0.376 e. The van der Waals surface area contributed by atoms with Gasteiger partial charge in [-0.1, -0.05) is 25.1 Å². The zero-order chi connectivity index (χ0) is 16.2. The topological polar surface area (TPSA) is 47.3 Å². The lowest BCUT2D eigenvalue weighted by molar-refractivity contribution is -0.114. The van der Waals surface area contributed by atoms with Gasteiger partial charge in [0.2, 0.25) is 0 Å². The Morgan fingerprint density at radius 2 is 2.13 bits per heavy atom. The van der Waals surface area contributed by atoms with E-state index in [0.29, 0.717) is 12.5 Å². The molecule has 2 aliphatic heterocycles. The number of likely N-dealkylation sites (tertiary alicyclic amines) is 1. The Bertz CT molecular complexity index is 659. The molecule has 2 heterocycles. The molecule has 23 heavy (non-hydrogen) atoms. The molecule has 3 rings (SSSR count). The van der Waals surface area contributed by atoms with Crippen molar-refractivity contribution in [2.75, 3.05) is 24.5 Å². The van der Waals surface area contributed by atoms with Crippen LogP contribution in [0.1, 0.15) is 31.7 Å². The van der Waals surface area contributed by atoms with E-state index in [1.54, 1.807) is 11.1 Å². The van der Waals surface area contributed by atoms with Gasteiger partial charge >= 0.3 is 0 Å². The number of fused-ring (bicyclic) bond motifs is 1. The van der Waals surface area contributed by atoms with Crippen molar-refractivity contribution in [3.05, 3.63) is 41.6 Å². The first kappa shape index (κ1) is 15.6. The molecule has 1 atom stereocenters. The summed E-state index contributed by atoms with van der Waals surface area (Å²) in [6, 6.07) is 10.1. The molecule has 1 fully saturated rings. The van der Waals surface area contributed by atoms with Crippen molar-refractivity contribution in [3.8, 4) is 6.07 Å². The second kappa shape index (κ2) is 6.87. The first-order valence-corrected chi connectivity index (χ1v) is 8.45. The molecule has 0 spiro atoms. The van der Waals surface area contributed by atoms with Crippen LogP contribution in [0.5, 0.6) is 0 Å². The maximum absolute atomic E-state index is 12.9. The van der Waals surface area contributed by atoms with E-state index < -0.39 is 0 Å². The molecule has 1 unspecified atom stereocenters. The van der Waals surface area contributed by atoms with Crippen LogP contribution in [-0.2, 0) is 11.2 Å². The van der Waals surface area contributed by atoms with Crippen molar-refractivity contribution in [1.29, 1.82) is 5.26 Å². The van der Waals surface area contributed by atoms with Crippen LogP contribution in [0.3, 0.4) is 0 Å². The average Bonchev–Trinajstić information content (AvgIpc) is 2.58. The Morgan fingerprint density at radius 3 is 2.91 bits per heavy atom. The van der Waals surface area contributed by atoms with Gasteiger partial charge in [0.05, 0.1) is 0 Å². The molecule has 0 aromatic heterocycles. The highest BCUT2D eigenvalue weighted by atomic mass is 16.2. The number of hydrogen-bond donors (Lipinski definition) is 0. The van der Waals surface area contributed by atoms with Crippen LogP contribution in [-0.4, -0.2) is 30.4 Å². The highest BCUT2D eigenvalue weighted by Crippen LogP contribution is 2.28. The lowest BCUT2D eigenvalue weighted by atomic mass is 10.00. The summed E-state index contributed by atoms with van der Waals surface area (Å²) in [5.74, 6) is 0.448. The van der Waals surface area contributed by atoms with Crippen LogP contribution in [0.2, 0.25) is 0 Å². The molecule has 2 aliphatic rings. The number of carbonyl (C=O) groups is 1. The number of carbonyl (C=O) groups excluding carboxylic acids is 1. The zero-order valence-electron chi connectivity index (χ0n) is 13.7. The van der Waals surface area contributed by atoms with Gasteiger partial charge in [0.15, 0.2) is 0 Å². The van der Waals surface area contributed by atoms with E-state index in [9.17, 15) is 10.1 Å². The Hall–Kier alpha value is -2.28. The van der Waals surface area contributed by atoms with Crippen molar-refractivity contribution in [3.63, 3.8) is 0 Å². The van der Waals surface area contributed by atoms with Gasteiger partial charge in [0.25, 0.3) is 5.91 Å². The van der Waals surface area contributed by atoms with Crippen LogP contribution < -0.4 is 4.90 Å². The van der Waals surface area contributed by atoms with Gasteiger partial charge in [0.1, 0.15) is 11.6 Å². The van der Waals surface area contributed by atoms with Gasteiger partial charge in [-0.3, -0.25) is 4.79 Å². The van der Waals surface area contributed by atoms with Crippen molar-refractivity contribution in [2.24, 2.45) is 5.92 Å². The quantitative estimate of drug-likeness (QED) is 0.623. The molecular weight excluding hydrogens is 286 g/mol. The molecule has 0 bridgehead atoms. The minimum Gasteiger partial charge on any atom is -0.376 e. The van der Waals surface area contributed by atoms with Crippen LogP contribution in [0.25, 0.3) is 0 Å². The number of piperidine rings is 1. The summed E-state index contributed by atoms with van der Waals surface area (Å²) < 4.78 is 0. The molecule has 4 nitrogen and oxygen atoms in total. The second-order valence-electron chi connectivity index (χ2n) is 6.59. The number of aryl methyl sites for hydroxylation is 1. The van der Waals surface area contributed by atoms with Gasteiger partial charge in [-0.2, -0.15) is 5.26 Å². The van der Waals surface area contributed by atoms with Crippen molar-refractivity contribution in [2.45, 2.75) is 32.6 Å². The number of hydrogen-bond acceptors (Lipinski definition) is 3. The molecule has 0 aliphatic carbocycles. The van der Waals surface area contributed by atoms with Gasteiger partial charge in [0, 0.05) is 31.5 Å². The number of rotatable bonds is 2. The molecule has 4 heteroatoms. The normalized spacial score (nSPS) is 21.6.